The van der Waals surface area contributed by atoms with E-state index >= 15 is 0 Å². The minimum Gasteiger partial charge on any atom is -0.347 e. The van der Waals surface area contributed by atoms with E-state index < -0.39 is 0 Å². The van der Waals surface area contributed by atoms with Crippen LogP contribution in [0.2, 0.25) is 0 Å². The SMILES string of the molecule is Cn1c2c(c3ccc(F)cc31)CC(N)C2. The molecule has 0 spiro atoms. The summed E-state index contributed by atoms with van der Waals surface area (Å²) in [5.74, 6) is -0.175. The van der Waals surface area contributed by atoms with Gasteiger partial charge in [0.25, 0.3) is 0 Å². The zero-order valence-electron chi connectivity index (χ0n) is 8.63. The lowest BCUT2D eigenvalue weighted by Crippen LogP contribution is -2.20. The van der Waals surface area contributed by atoms with E-state index in [1.807, 2.05) is 13.1 Å². The standard InChI is InChI=1S/C12H13FN2/c1-15-11-4-7(13)2-3-9(11)10-5-8(14)6-12(10)15/h2-4,8H,5-6,14H2,1H3. The normalized spacial score (nSPS) is 19.8. The van der Waals surface area contributed by atoms with Crippen LogP contribution in [0.4, 0.5) is 4.39 Å². The Morgan fingerprint density at radius 1 is 1.40 bits per heavy atom. The lowest BCUT2D eigenvalue weighted by atomic mass is 10.1. The molecular weight excluding hydrogens is 191 g/mol. The van der Waals surface area contributed by atoms with Crippen LogP contribution in [0.3, 0.4) is 0 Å². The minimum atomic E-state index is -0.175. The second kappa shape index (κ2) is 2.83. The molecule has 2 N–H and O–H groups in total. The van der Waals surface area contributed by atoms with Gasteiger partial charge in [0.2, 0.25) is 0 Å². The van der Waals surface area contributed by atoms with E-state index in [4.69, 9.17) is 5.73 Å². The maximum Gasteiger partial charge on any atom is 0.125 e. The van der Waals surface area contributed by atoms with Crippen LogP contribution in [0, 0.1) is 5.82 Å². The number of hydrogen-bond donors (Lipinski definition) is 1. The van der Waals surface area contributed by atoms with Gasteiger partial charge in [-0.1, -0.05) is 0 Å². The van der Waals surface area contributed by atoms with Gasteiger partial charge < -0.3 is 10.3 Å². The molecule has 15 heavy (non-hydrogen) atoms. The average molecular weight is 204 g/mol. The number of aromatic nitrogens is 1. The third kappa shape index (κ3) is 1.13. The van der Waals surface area contributed by atoms with Crippen molar-refractivity contribution in [3.05, 3.63) is 35.3 Å². The zero-order chi connectivity index (χ0) is 10.6. The number of halogens is 1. The number of hydrogen-bond acceptors (Lipinski definition) is 1. The highest BCUT2D eigenvalue weighted by atomic mass is 19.1. The number of fused-ring (bicyclic) bond motifs is 3. The summed E-state index contributed by atoms with van der Waals surface area (Å²) in [7, 11) is 1.98. The van der Waals surface area contributed by atoms with E-state index in [9.17, 15) is 4.39 Å². The molecule has 1 aliphatic carbocycles. The van der Waals surface area contributed by atoms with E-state index in [0.717, 1.165) is 23.7 Å². The first-order valence-electron chi connectivity index (χ1n) is 5.18. The van der Waals surface area contributed by atoms with Crippen molar-refractivity contribution in [3.8, 4) is 0 Å². The van der Waals surface area contributed by atoms with E-state index in [1.54, 1.807) is 6.07 Å². The Bertz CT molecular complexity index is 542. The Labute approximate surface area is 87.5 Å². The van der Waals surface area contributed by atoms with E-state index in [-0.39, 0.29) is 11.9 Å². The van der Waals surface area contributed by atoms with E-state index in [0.29, 0.717) is 0 Å². The summed E-state index contributed by atoms with van der Waals surface area (Å²) in [6.07, 6.45) is 1.82. The van der Waals surface area contributed by atoms with Crippen molar-refractivity contribution in [2.24, 2.45) is 12.8 Å². The summed E-state index contributed by atoms with van der Waals surface area (Å²) in [6, 6.07) is 5.21. The topological polar surface area (TPSA) is 30.9 Å². The van der Waals surface area contributed by atoms with Gasteiger partial charge in [-0.25, -0.2) is 4.39 Å². The molecular formula is C12H13FN2. The first-order valence-corrected chi connectivity index (χ1v) is 5.18. The molecule has 1 heterocycles. The van der Waals surface area contributed by atoms with Gasteiger partial charge in [0.1, 0.15) is 5.82 Å². The Balaban J connectivity index is 2.36. The summed E-state index contributed by atoms with van der Waals surface area (Å²) in [5, 5.41) is 1.15. The van der Waals surface area contributed by atoms with Crippen LogP contribution in [-0.4, -0.2) is 10.6 Å². The number of rotatable bonds is 0. The smallest absolute Gasteiger partial charge is 0.125 e. The number of nitrogens with two attached hydrogens (primary N) is 1. The zero-order valence-corrected chi connectivity index (χ0v) is 8.63. The highest BCUT2D eigenvalue weighted by molar-refractivity contribution is 5.86. The minimum absolute atomic E-state index is 0.175. The van der Waals surface area contributed by atoms with Gasteiger partial charge in [-0.05, 0) is 30.2 Å². The Kier molecular flexibility index (Phi) is 1.68. The maximum atomic E-state index is 13.1. The predicted molar refractivity (Wildman–Crippen MR) is 58.3 cm³/mol. The fourth-order valence-corrected chi connectivity index (χ4v) is 2.61. The molecule has 1 atom stereocenters. The van der Waals surface area contributed by atoms with Crippen molar-refractivity contribution >= 4 is 10.9 Å². The molecule has 1 aromatic carbocycles. The number of aryl methyl sites for hydroxylation is 1. The number of nitrogens with zero attached hydrogens (tertiary/aromatic N) is 1. The second-order valence-corrected chi connectivity index (χ2v) is 4.31. The summed E-state index contributed by atoms with van der Waals surface area (Å²) < 4.78 is 15.2. The summed E-state index contributed by atoms with van der Waals surface area (Å²) in [4.78, 5) is 0. The van der Waals surface area contributed by atoms with Crippen molar-refractivity contribution in [2.45, 2.75) is 18.9 Å². The van der Waals surface area contributed by atoms with Crippen LogP contribution in [-0.2, 0) is 19.9 Å². The van der Waals surface area contributed by atoms with Crippen molar-refractivity contribution in [1.29, 1.82) is 0 Å². The molecule has 0 amide bonds. The molecule has 0 bridgehead atoms. The van der Waals surface area contributed by atoms with Crippen LogP contribution in [0.25, 0.3) is 10.9 Å². The molecule has 1 aromatic heterocycles. The van der Waals surface area contributed by atoms with Crippen molar-refractivity contribution in [2.75, 3.05) is 0 Å². The summed E-state index contributed by atoms with van der Waals surface area (Å²) in [5.41, 5.74) is 9.48. The fourth-order valence-electron chi connectivity index (χ4n) is 2.61. The van der Waals surface area contributed by atoms with Gasteiger partial charge in [0, 0.05) is 30.6 Å². The lowest BCUT2D eigenvalue weighted by Gasteiger charge is -2.04. The van der Waals surface area contributed by atoms with Crippen molar-refractivity contribution < 1.29 is 4.39 Å². The van der Waals surface area contributed by atoms with Gasteiger partial charge in [0.15, 0.2) is 0 Å². The van der Waals surface area contributed by atoms with Crippen molar-refractivity contribution in [3.63, 3.8) is 0 Å². The monoisotopic (exact) mass is 204 g/mol. The quantitative estimate of drug-likeness (QED) is 0.696. The average Bonchev–Trinajstić information content (AvgIpc) is 2.67. The second-order valence-electron chi connectivity index (χ2n) is 4.31. The Hall–Kier alpha value is -1.35. The van der Waals surface area contributed by atoms with Gasteiger partial charge in [-0.3, -0.25) is 0 Å². The predicted octanol–water partition coefficient (Wildman–Crippen LogP) is 1.74. The highest BCUT2D eigenvalue weighted by Gasteiger charge is 2.24. The molecule has 3 heteroatoms. The van der Waals surface area contributed by atoms with Crippen LogP contribution >= 0.6 is 0 Å². The first kappa shape index (κ1) is 8.92. The van der Waals surface area contributed by atoms with Crippen LogP contribution < -0.4 is 5.73 Å². The molecule has 1 unspecified atom stereocenters. The highest BCUT2D eigenvalue weighted by Crippen LogP contribution is 2.32. The molecule has 3 rings (SSSR count). The van der Waals surface area contributed by atoms with E-state index in [2.05, 4.69) is 4.57 Å². The van der Waals surface area contributed by atoms with Gasteiger partial charge in [0.05, 0.1) is 5.52 Å². The molecule has 0 saturated heterocycles. The van der Waals surface area contributed by atoms with Crippen LogP contribution in [0.5, 0.6) is 0 Å². The molecule has 78 valence electrons. The lowest BCUT2D eigenvalue weighted by molar-refractivity contribution is 0.628. The molecule has 2 nitrogen and oxygen atoms in total. The molecule has 0 radical (unpaired) electrons. The molecule has 0 saturated carbocycles. The molecule has 1 aliphatic rings. The van der Waals surface area contributed by atoms with Gasteiger partial charge in [-0.2, -0.15) is 0 Å². The fraction of sp³-hybridized carbons (Fsp3) is 0.333. The first-order chi connectivity index (χ1) is 7.16. The number of benzene rings is 1. The Morgan fingerprint density at radius 2 is 2.20 bits per heavy atom. The molecule has 2 aromatic rings. The molecule has 0 aliphatic heterocycles. The molecule has 0 fully saturated rings. The van der Waals surface area contributed by atoms with Crippen LogP contribution in [0.15, 0.2) is 18.2 Å². The summed E-state index contributed by atoms with van der Waals surface area (Å²) >= 11 is 0. The van der Waals surface area contributed by atoms with Gasteiger partial charge >= 0.3 is 0 Å². The maximum absolute atomic E-state index is 13.1. The third-order valence-corrected chi connectivity index (χ3v) is 3.32. The Morgan fingerprint density at radius 3 is 3.00 bits per heavy atom. The van der Waals surface area contributed by atoms with E-state index in [1.165, 1.54) is 17.3 Å². The summed E-state index contributed by atoms with van der Waals surface area (Å²) in [6.45, 7) is 0. The largest absolute Gasteiger partial charge is 0.347 e. The van der Waals surface area contributed by atoms with Crippen molar-refractivity contribution in [1.82, 2.24) is 4.57 Å². The van der Waals surface area contributed by atoms with Crippen LogP contribution in [0.1, 0.15) is 11.3 Å². The third-order valence-electron chi connectivity index (χ3n) is 3.32. The van der Waals surface area contributed by atoms with Gasteiger partial charge in [-0.15, -0.1) is 0 Å².